The summed E-state index contributed by atoms with van der Waals surface area (Å²) in [6, 6.07) is 0.659. The van der Waals surface area contributed by atoms with Crippen LogP contribution in [0.15, 0.2) is 24.8 Å². The maximum Gasteiger partial charge on any atom is 0.0202 e. The maximum atomic E-state index is 3.84. The molecule has 0 aromatic carbocycles. The van der Waals surface area contributed by atoms with Crippen molar-refractivity contribution < 1.29 is 0 Å². The molecule has 0 bridgehead atoms. The van der Waals surface area contributed by atoms with Crippen LogP contribution in [0.1, 0.15) is 19.8 Å². The zero-order valence-electron chi connectivity index (χ0n) is 7.27. The molecule has 1 N–H and O–H groups in total. The van der Waals surface area contributed by atoms with Crippen molar-refractivity contribution in [2.75, 3.05) is 6.54 Å². The van der Waals surface area contributed by atoms with Gasteiger partial charge in [0.2, 0.25) is 0 Å². The van der Waals surface area contributed by atoms with E-state index in [4.69, 9.17) is 0 Å². The van der Waals surface area contributed by atoms with Crippen molar-refractivity contribution in [1.82, 2.24) is 5.32 Å². The third-order valence-electron chi connectivity index (χ3n) is 2.27. The minimum absolute atomic E-state index is 0.659. The maximum absolute atomic E-state index is 3.84. The predicted octanol–water partition coefficient (Wildman–Crippen LogP) is 2.12. The Morgan fingerprint density at radius 1 is 1.73 bits per heavy atom. The quantitative estimate of drug-likeness (QED) is 0.593. The molecule has 62 valence electrons. The summed E-state index contributed by atoms with van der Waals surface area (Å²) in [6.07, 6.45) is 4.61. The lowest BCUT2D eigenvalue weighted by molar-refractivity contribution is 0.520. The van der Waals surface area contributed by atoms with E-state index < -0.39 is 0 Å². The van der Waals surface area contributed by atoms with Crippen molar-refractivity contribution in [1.29, 1.82) is 0 Å². The minimum Gasteiger partial charge on any atom is -0.310 e. The first-order valence-corrected chi connectivity index (χ1v) is 4.27. The second kappa shape index (κ2) is 3.72. The van der Waals surface area contributed by atoms with Crippen molar-refractivity contribution in [2.45, 2.75) is 25.8 Å². The monoisotopic (exact) mass is 151 g/mol. The van der Waals surface area contributed by atoms with Crippen LogP contribution in [-0.2, 0) is 0 Å². The Labute approximate surface area is 69.2 Å². The number of nitrogens with one attached hydrogen (secondary N) is 1. The fraction of sp³-hybridized carbons (Fsp3) is 0.600. The van der Waals surface area contributed by atoms with Crippen molar-refractivity contribution in [3.63, 3.8) is 0 Å². The summed E-state index contributed by atoms with van der Waals surface area (Å²) < 4.78 is 0. The highest BCUT2D eigenvalue weighted by atomic mass is 14.9. The van der Waals surface area contributed by atoms with Crippen molar-refractivity contribution >= 4 is 0 Å². The van der Waals surface area contributed by atoms with Gasteiger partial charge in [-0.3, -0.25) is 0 Å². The van der Waals surface area contributed by atoms with Crippen LogP contribution < -0.4 is 5.32 Å². The van der Waals surface area contributed by atoms with Gasteiger partial charge >= 0.3 is 0 Å². The number of hydrogen-bond donors (Lipinski definition) is 1. The van der Waals surface area contributed by atoms with E-state index in [0.29, 0.717) is 6.04 Å². The zero-order chi connectivity index (χ0) is 8.27. The molecule has 0 aromatic heterocycles. The third-order valence-corrected chi connectivity index (χ3v) is 2.27. The first kappa shape index (κ1) is 8.54. The summed E-state index contributed by atoms with van der Waals surface area (Å²) in [6.45, 7) is 10.6. The standard InChI is InChI=1S/C10H17N/c1-4-8(2)7-11-9(3)10-5-6-10/h4,9-11H,1-2,5-7H2,3H3/t9-/m0/s1. The first-order valence-electron chi connectivity index (χ1n) is 4.27. The van der Waals surface area contributed by atoms with Crippen LogP contribution in [0.5, 0.6) is 0 Å². The van der Waals surface area contributed by atoms with E-state index in [-0.39, 0.29) is 0 Å². The largest absolute Gasteiger partial charge is 0.310 e. The molecule has 1 aliphatic carbocycles. The van der Waals surface area contributed by atoms with Gasteiger partial charge in [-0.2, -0.15) is 0 Å². The van der Waals surface area contributed by atoms with Gasteiger partial charge in [0.25, 0.3) is 0 Å². The lowest BCUT2D eigenvalue weighted by Gasteiger charge is -2.11. The van der Waals surface area contributed by atoms with E-state index in [1.54, 1.807) is 0 Å². The van der Waals surface area contributed by atoms with Crippen LogP contribution >= 0.6 is 0 Å². The molecule has 1 atom stereocenters. The fourth-order valence-electron chi connectivity index (χ4n) is 1.13. The molecule has 1 rings (SSSR count). The molecule has 0 spiro atoms. The van der Waals surface area contributed by atoms with Crippen molar-refractivity contribution in [2.24, 2.45) is 5.92 Å². The van der Waals surface area contributed by atoms with Crippen molar-refractivity contribution in [3.05, 3.63) is 24.8 Å². The molecular formula is C10H17N. The van der Waals surface area contributed by atoms with Crippen LogP contribution in [0.3, 0.4) is 0 Å². The van der Waals surface area contributed by atoms with E-state index in [9.17, 15) is 0 Å². The summed E-state index contributed by atoms with van der Waals surface area (Å²) in [5.74, 6) is 0.924. The zero-order valence-corrected chi connectivity index (χ0v) is 7.27. The van der Waals surface area contributed by atoms with Gasteiger partial charge in [0.05, 0.1) is 0 Å². The summed E-state index contributed by atoms with van der Waals surface area (Å²) in [7, 11) is 0. The van der Waals surface area contributed by atoms with E-state index in [2.05, 4.69) is 25.4 Å². The summed E-state index contributed by atoms with van der Waals surface area (Å²) >= 11 is 0. The van der Waals surface area contributed by atoms with Crippen LogP contribution in [0.4, 0.5) is 0 Å². The second-order valence-electron chi connectivity index (χ2n) is 3.37. The predicted molar refractivity (Wildman–Crippen MR) is 49.5 cm³/mol. The fourth-order valence-corrected chi connectivity index (χ4v) is 1.13. The lowest BCUT2D eigenvalue weighted by Crippen LogP contribution is -2.29. The molecule has 1 heteroatoms. The molecule has 11 heavy (non-hydrogen) atoms. The van der Waals surface area contributed by atoms with Crippen molar-refractivity contribution in [3.8, 4) is 0 Å². The Morgan fingerprint density at radius 3 is 2.82 bits per heavy atom. The van der Waals surface area contributed by atoms with Crippen LogP contribution in [-0.4, -0.2) is 12.6 Å². The topological polar surface area (TPSA) is 12.0 Å². The Balaban J connectivity index is 2.09. The molecule has 0 heterocycles. The Morgan fingerprint density at radius 2 is 2.36 bits per heavy atom. The molecule has 1 fully saturated rings. The van der Waals surface area contributed by atoms with Gasteiger partial charge in [-0.05, 0) is 31.3 Å². The summed E-state index contributed by atoms with van der Waals surface area (Å²) in [5.41, 5.74) is 1.08. The van der Waals surface area contributed by atoms with Gasteiger partial charge in [0.1, 0.15) is 0 Å². The Kier molecular flexibility index (Phi) is 2.89. The molecule has 0 aliphatic heterocycles. The summed E-state index contributed by atoms with van der Waals surface area (Å²) in [4.78, 5) is 0. The van der Waals surface area contributed by atoms with Gasteiger partial charge in [-0.1, -0.05) is 19.2 Å². The normalized spacial score (nSPS) is 19.4. The molecule has 0 amide bonds. The van der Waals surface area contributed by atoms with Crippen LogP contribution in [0.25, 0.3) is 0 Å². The van der Waals surface area contributed by atoms with Gasteiger partial charge in [0.15, 0.2) is 0 Å². The van der Waals surface area contributed by atoms with Crippen LogP contribution in [0, 0.1) is 5.92 Å². The SMILES string of the molecule is C=CC(=C)CN[C@@H](C)C1CC1. The lowest BCUT2D eigenvalue weighted by atomic mass is 10.2. The molecule has 1 aliphatic rings. The third kappa shape index (κ3) is 2.89. The number of rotatable bonds is 5. The van der Waals surface area contributed by atoms with Crippen LogP contribution in [0.2, 0.25) is 0 Å². The first-order chi connectivity index (χ1) is 5.24. The average Bonchev–Trinajstić information content (AvgIpc) is 2.81. The van der Waals surface area contributed by atoms with Gasteiger partial charge < -0.3 is 5.32 Å². The Bertz CT molecular complexity index is 156. The summed E-state index contributed by atoms with van der Waals surface area (Å²) in [5, 5.41) is 3.42. The molecule has 0 unspecified atom stereocenters. The molecule has 1 nitrogen and oxygen atoms in total. The van der Waals surface area contributed by atoms with Gasteiger partial charge in [-0.15, -0.1) is 0 Å². The highest BCUT2D eigenvalue weighted by molar-refractivity contribution is 5.12. The average molecular weight is 151 g/mol. The molecular weight excluding hydrogens is 134 g/mol. The van der Waals surface area contributed by atoms with E-state index >= 15 is 0 Å². The van der Waals surface area contributed by atoms with Gasteiger partial charge in [-0.25, -0.2) is 0 Å². The minimum atomic E-state index is 0.659. The smallest absolute Gasteiger partial charge is 0.0202 e. The Hall–Kier alpha value is -0.560. The highest BCUT2D eigenvalue weighted by Gasteiger charge is 2.27. The van der Waals surface area contributed by atoms with E-state index in [0.717, 1.165) is 18.0 Å². The van der Waals surface area contributed by atoms with E-state index in [1.807, 2.05) is 6.08 Å². The van der Waals surface area contributed by atoms with Gasteiger partial charge in [0, 0.05) is 12.6 Å². The second-order valence-corrected chi connectivity index (χ2v) is 3.37. The number of hydrogen-bond acceptors (Lipinski definition) is 1. The molecule has 0 radical (unpaired) electrons. The highest BCUT2D eigenvalue weighted by Crippen LogP contribution is 2.32. The molecule has 1 saturated carbocycles. The van der Waals surface area contributed by atoms with E-state index in [1.165, 1.54) is 12.8 Å². The molecule has 0 saturated heterocycles. The molecule has 0 aromatic rings.